The molecule has 0 aliphatic heterocycles. The Morgan fingerprint density at radius 1 is 1.40 bits per heavy atom. The molecule has 0 aromatic carbocycles. The minimum absolute atomic E-state index is 0.0226. The van der Waals surface area contributed by atoms with Crippen LogP contribution in [0.5, 0.6) is 5.88 Å². The van der Waals surface area contributed by atoms with Gasteiger partial charge >= 0.3 is 0 Å². The normalized spacial score (nSPS) is 12.4. The fourth-order valence-electron chi connectivity index (χ4n) is 2.20. The summed E-state index contributed by atoms with van der Waals surface area (Å²) in [7, 11) is 3.43. The molecule has 0 saturated carbocycles. The summed E-state index contributed by atoms with van der Waals surface area (Å²) in [6, 6.07) is 3.79. The number of nitrogens with two attached hydrogens (primary N) is 1. The molecule has 5 nitrogen and oxygen atoms in total. The van der Waals surface area contributed by atoms with Crippen molar-refractivity contribution in [1.82, 2.24) is 14.8 Å². The number of rotatable bonds is 5. The van der Waals surface area contributed by atoms with Gasteiger partial charge in [0.1, 0.15) is 5.15 Å². The first-order valence-corrected chi connectivity index (χ1v) is 6.81. The molecule has 2 aromatic heterocycles. The SMILES string of the molecule is COc1ccc(CC(N)Cc2c(C)nn(C)c2Cl)cn1. The van der Waals surface area contributed by atoms with Gasteiger partial charge in [0.05, 0.1) is 12.8 Å². The van der Waals surface area contributed by atoms with Gasteiger partial charge in [0.2, 0.25) is 5.88 Å². The van der Waals surface area contributed by atoms with Crippen LogP contribution in [0.2, 0.25) is 5.15 Å². The highest BCUT2D eigenvalue weighted by Gasteiger charge is 2.15. The highest BCUT2D eigenvalue weighted by molar-refractivity contribution is 6.30. The number of nitrogens with zero attached hydrogens (tertiary/aromatic N) is 3. The number of hydrogen-bond donors (Lipinski definition) is 1. The van der Waals surface area contributed by atoms with Crippen molar-refractivity contribution in [3.8, 4) is 5.88 Å². The van der Waals surface area contributed by atoms with E-state index < -0.39 is 0 Å². The zero-order valence-corrected chi connectivity index (χ0v) is 12.7. The van der Waals surface area contributed by atoms with Crippen molar-refractivity contribution in [3.63, 3.8) is 0 Å². The first-order valence-electron chi connectivity index (χ1n) is 6.43. The lowest BCUT2D eigenvalue weighted by atomic mass is 10.0. The van der Waals surface area contributed by atoms with Crippen LogP contribution in [0.15, 0.2) is 18.3 Å². The van der Waals surface area contributed by atoms with Crippen molar-refractivity contribution in [1.29, 1.82) is 0 Å². The molecular weight excluding hydrogens is 276 g/mol. The van der Waals surface area contributed by atoms with Crippen molar-refractivity contribution in [3.05, 3.63) is 40.3 Å². The van der Waals surface area contributed by atoms with Crippen LogP contribution in [0.4, 0.5) is 0 Å². The van der Waals surface area contributed by atoms with E-state index in [4.69, 9.17) is 22.1 Å². The largest absolute Gasteiger partial charge is 0.481 e. The Kier molecular flexibility index (Phi) is 4.62. The maximum Gasteiger partial charge on any atom is 0.212 e. The summed E-state index contributed by atoms with van der Waals surface area (Å²) >= 11 is 6.22. The van der Waals surface area contributed by atoms with Crippen LogP contribution in [-0.2, 0) is 19.9 Å². The smallest absolute Gasteiger partial charge is 0.212 e. The Morgan fingerprint density at radius 2 is 2.15 bits per heavy atom. The number of hydrogen-bond acceptors (Lipinski definition) is 4. The highest BCUT2D eigenvalue weighted by Crippen LogP contribution is 2.20. The predicted octanol–water partition coefficient (Wildman–Crippen LogP) is 1.90. The van der Waals surface area contributed by atoms with Crippen LogP contribution in [0, 0.1) is 6.92 Å². The van der Waals surface area contributed by atoms with Crippen LogP contribution in [-0.4, -0.2) is 27.9 Å². The molecule has 2 N–H and O–H groups in total. The lowest BCUT2D eigenvalue weighted by Crippen LogP contribution is -2.26. The zero-order chi connectivity index (χ0) is 14.7. The Labute approximate surface area is 123 Å². The van der Waals surface area contributed by atoms with E-state index in [2.05, 4.69) is 10.1 Å². The van der Waals surface area contributed by atoms with Crippen molar-refractivity contribution >= 4 is 11.6 Å². The Balaban J connectivity index is 2.02. The van der Waals surface area contributed by atoms with Gasteiger partial charge in [-0.25, -0.2) is 4.98 Å². The fraction of sp³-hybridized carbons (Fsp3) is 0.429. The van der Waals surface area contributed by atoms with Gasteiger partial charge in [0.25, 0.3) is 0 Å². The van der Waals surface area contributed by atoms with Gasteiger partial charge in [-0.15, -0.1) is 0 Å². The molecule has 108 valence electrons. The lowest BCUT2D eigenvalue weighted by Gasteiger charge is -2.11. The van der Waals surface area contributed by atoms with E-state index in [9.17, 15) is 0 Å². The summed E-state index contributed by atoms with van der Waals surface area (Å²) in [5.74, 6) is 0.605. The van der Waals surface area contributed by atoms with Crippen molar-refractivity contribution in [2.45, 2.75) is 25.8 Å². The molecule has 0 spiro atoms. The molecular formula is C14H19ClN4O. The Bertz CT molecular complexity index is 580. The molecule has 0 radical (unpaired) electrons. The quantitative estimate of drug-likeness (QED) is 0.914. The fourth-order valence-corrected chi connectivity index (χ4v) is 2.45. The molecule has 1 atom stereocenters. The third-order valence-electron chi connectivity index (χ3n) is 3.24. The second kappa shape index (κ2) is 6.24. The number of aromatic nitrogens is 3. The van der Waals surface area contributed by atoms with E-state index >= 15 is 0 Å². The number of methoxy groups -OCH3 is 1. The molecule has 1 unspecified atom stereocenters. The predicted molar refractivity (Wildman–Crippen MR) is 79.1 cm³/mol. The summed E-state index contributed by atoms with van der Waals surface area (Å²) in [6.45, 7) is 1.95. The van der Waals surface area contributed by atoms with Gasteiger partial charge in [0.15, 0.2) is 0 Å². The minimum atomic E-state index is -0.0226. The molecule has 6 heteroatoms. The summed E-state index contributed by atoms with van der Waals surface area (Å²) in [5.41, 5.74) is 9.23. The van der Waals surface area contributed by atoms with E-state index in [0.717, 1.165) is 23.2 Å². The third-order valence-corrected chi connectivity index (χ3v) is 3.71. The molecule has 0 saturated heterocycles. The maximum atomic E-state index is 6.22. The number of pyridine rings is 1. The van der Waals surface area contributed by atoms with Gasteiger partial charge < -0.3 is 10.5 Å². The van der Waals surface area contributed by atoms with E-state index in [1.54, 1.807) is 18.0 Å². The topological polar surface area (TPSA) is 66.0 Å². The standard InChI is InChI=1S/C14H19ClN4O/c1-9-12(14(15)19(2)18-9)7-11(16)6-10-4-5-13(20-3)17-8-10/h4-5,8,11H,6-7,16H2,1-3H3. The minimum Gasteiger partial charge on any atom is -0.481 e. The highest BCUT2D eigenvalue weighted by atomic mass is 35.5. The molecule has 0 bridgehead atoms. The zero-order valence-electron chi connectivity index (χ0n) is 11.9. The average molecular weight is 295 g/mol. The molecule has 0 fully saturated rings. The average Bonchev–Trinajstić information content (AvgIpc) is 2.66. The molecule has 2 rings (SSSR count). The molecule has 0 amide bonds. The Hall–Kier alpha value is -1.59. The van der Waals surface area contributed by atoms with Crippen LogP contribution < -0.4 is 10.5 Å². The van der Waals surface area contributed by atoms with Gasteiger partial charge in [-0.05, 0) is 25.3 Å². The Morgan fingerprint density at radius 3 is 2.65 bits per heavy atom. The summed E-state index contributed by atoms with van der Waals surface area (Å²) in [5, 5.41) is 4.95. The molecule has 0 aliphatic rings. The van der Waals surface area contributed by atoms with Crippen molar-refractivity contribution < 1.29 is 4.74 Å². The summed E-state index contributed by atoms with van der Waals surface area (Å²) in [6.07, 6.45) is 3.22. The molecule has 20 heavy (non-hydrogen) atoms. The van der Waals surface area contributed by atoms with Gasteiger partial charge in [0, 0.05) is 30.9 Å². The van der Waals surface area contributed by atoms with E-state index in [0.29, 0.717) is 17.5 Å². The summed E-state index contributed by atoms with van der Waals surface area (Å²) in [4.78, 5) is 4.18. The molecule has 2 aromatic rings. The molecule has 2 heterocycles. The lowest BCUT2D eigenvalue weighted by molar-refractivity contribution is 0.397. The number of aryl methyl sites for hydroxylation is 2. The second-order valence-electron chi connectivity index (χ2n) is 4.86. The maximum absolute atomic E-state index is 6.22. The van der Waals surface area contributed by atoms with Crippen LogP contribution >= 0.6 is 11.6 Å². The monoisotopic (exact) mass is 294 g/mol. The van der Waals surface area contributed by atoms with Crippen LogP contribution in [0.1, 0.15) is 16.8 Å². The van der Waals surface area contributed by atoms with Gasteiger partial charge in [-0.3, -0.25) is 4.68 Å². The number of halogens is 1. The van der Waals surface area contributed by atoms with Crippen LogP contribution in [0.25, 0.3) is 0 Å². The number of ether oxygens (including phenoxy) is 1. The first-order chi connectivity index (χ1) is 9.51. The van der Waals surface area contributed by atoms with Crippen molar-refractivity contribution in [2.75, 3.05) is 7.11 Å². The van der Waals surface area contributed by atoms with E-state index in [-0.39, 0.29) is 6.04 Å². The first kappa shape index (κ1) is 14.8. The summed E-state index contributed by atoms with van der Waals surface area (Å²) < 4.78 is 6.71. The van der Waals surface area contributed by atoms with Gasteiger partial charge in [-0.2, -0.15) is 5.10 Å². The second-order valence-corrected chi connectivity index (χ2v) is 5.21. The van der Waals surface area contributed by atoms with Crippen LogP contribution in [0.3, 0.4) is 0 Å². The van der Waals surface area contributed by atoms with E-state index in [1.807, 2.05) is 26.1 Å². The van der Waals surface area contributed by atoms with E-state index in [1.165, 1.54) is 0 Å². The van der Waals surface area contributed by atoms with Crippen molar-refractivity contribution in [2.24, 2.45) is 12.8 Å². The van der Waals surface area contributed by atoms with Gasteiger partial charge in [-0.1, -0.05) is 17.7 Å². The molecule has 0 aliphatic carbocycles. The third kappa shape index (κ3) is 3.29.